The van der Waals surface area contributed by atoms with Crippen LogP contribution in [0.1, 0.15) is 13.3 Å². The van der Waals surface area contributed by atoms with Gasteiger partial charge in [0, 0.05) is 20.2 Å². The summed E-state index contributed by atoms with van der Waals surface area (Å²) in [6.07, 6.45) is 6.11. The lowest BCUT2D eigenvalue weighted by atomic mass is 10.3. The molecule has 0 unspecified atom stereocenters. The molecule has 0 saturated heterocycles. The molecule has 0 aliphatic rings. The molecule has 0 heterocycles. The van der Waals surface area contributed by atoms with Crippen LogP contribution in [0.5, 0.6) is 0 Å². The molecular weight excluding hydrogens is 192 g/mol. The van der Waals surface area contributed by atoms with E-state index in [-0.39, 0.29) is 5.91 Å². The maximum atomic E-state index is 11.6. The van der Waals surface area contributed by atoms with Crippen molar-refractivity contribution in [2.24, 2.45) is 0 Å². The average molecular weight is 212 g/mol. The number of carbonyl (C=O) groups is 1. The second-order valence-corrected chi connectivity index (χ2v) is 3.19. The molecule has 0 aromatic heterocycles. The highest BCUT2D eigenvalue weighted by atomic mass is 16.5. The van der Waals surface area contributed by atoms with Gasteiger partial charge < -0.3 is 15.0 Å². The summed E-state index contributed by atoms with van der Waals surface area (Å²) in [5.74, 6) is 2.53. The van der Waals surface area contributed by atoms with Gasteiger partial charge in [-0.25, -0.2) is 0 Å². The van der Waals surface area contributed by atoms with Crippen molar-refractivity contribution in [1.29, 1.82) is 0 Å². The summed E-state index contributed by atoms with van der Waals surface area (Å²) in [6.45, 7) is 4.74. The lowest BCUT2D eigenvalue weighted by Crippen LogP contribution is -2.39. The predicted molar refractivity (Wildman–Crippen MR) is 60.4 cm³/mol. The number of nitrogens with one attached hydrogen (secondary N) is 1. The third-order valence-electron chi connectivity index (χ3n) is 1.89. The Labute approximate surface area is 92.0 Å². The first-order valence-electron chi connectivity index (χ1n) is 5.17. The number of methoxy groups -OCH3 is 1. The molecule has 86 valence electrons. The number of amides is 1. The molecule has 1 N–H and O–H groups in total. The van der Waals surface area contributed by atoms with Crippen molar-refractivity contribution in [2.75, 3.05) is 39.9 Å². The Balaban J connectivity index is 3.77. The molecule has 0 aromatic rings. The van der Waals surface area contributed by atoms with Gasteiger partial charge in [0.05, 0.1) is 19.7 Å². The third-order valence-corrected chi connectivity index (χ3v) is 1.89. The zero-order chi connectivity index (χ0) is 11.5. The lowest BCUT2D eigenvalue weighted by molar-refractivity contribution is -0.129. The van der Waals surface area contributed by atoms with E-state index in [1.807, 2.05) is 6.92 Å². The summed E-state index contributed by atoms with van der Waals surface area (Å²) in [5.41, 5.74) is 0. The summed E-state index contributed by atoms with van der Waals surface area (Å²) in [7, 11) is 1.63. The Bertz CT molecular complexity index is 211. The third kappa shape index (κ3) is 6.95. The van der Waals surface area contributed by atoms with Crippen LogP contribution in [0.25, 0.3) is 0 Å². The van der Waals surface area contributed by atoms with Gasteiger partial charge in [-0.15, -0.1) is 6.42 Å². The SMILES string of the molecule is C#CCN(CCC)C(=O)CNCCOC. The summed E-state index contributed by atoms with van der Waals surface area (Å²) in [6, 6.07) is 0. The van der Waals surface area contributed by atoms with E-state index in [2.05, 4.69) is 11.2 Å². The number of rotatable bonds is 8. The van der Waals surface area contributed by atoms with E-state index < -0.39 is 0 Å². The van der Waals surface area contributed by atoms with Crippen molar-refractivity contribution >= 4 is 5.91 Å². The Morgan fingerprint density at radius 3 is 2.87 bits per heavy atom. The number of ether oxygens (including phenoxy) is 1. The molecule has 1 amide bonds. The molecule has 0 atom stereocenters. The smallest absolute Gasteiger partial charge is 0.237 e. The van der Waals surface area contributed by atoms with Gasteiger partial charge in [0.1, 0.15) is 0 Å². The number of hydrogen-bond acceptors (Lipinski definition) is 3. The van der Waals surface area contributed by atoms with E-state index in [0.29, 0.717) is 26.2 Å². The van der Waals surface area contributed by atoms with Crippen LogP contribution in [0.2, 0.25) is 0 Å². The van der Waals surface area contributed by atoms with Crippen LogP contribution in [0.15, 0.2) is 0 Å². The number of hydrogen-bond donors (Lipinski definition) is 1. The van der Waals surface area contributed by atoms with E-state index in [0.717, 1.165) is 13.0 Å². The number of terminal acetylenes is 1. The summed E-state index contributed by atoms with van der Waals surface area (Å²) in [5, 5.41) is 3.00. The van der Waals surface area contributed by atoms with E-state index >= 15 is 0 Å². The molecule has 0 aromatic carbocycles. The fourth-order valence-corrected chi connectivity index (χ4v) is 1.15. The van der Waals surface area contributed by atoms with Crippen molar-refractivity contribution in [3.63, 3.8) is 0 Å². The molecule has 15 heavy (non-hydrogen) atoms. The summed E-state index contributed by atoms with van der Waals surface area (Å²) < 4.78 is 4.86. The van der Waals surface area contributed by atoms with Crippen LogP contribution in [-0.2, 0) is 9.53 Å². The molecular formula is C11H20N2O2. The molecule has 4 heteroatoms. The summed E-state index contributed by atoms with van der Waals surface area (Å²) in [4.78, 5) is 13.3. The van der Waals surface area contributed by atoms with Gasteiger partial charge in [0.2, 0.25) is 5.91 Å². The summed E-state index contributed by atoms with van der Waals surface area (Å²) >= 11 is 0. The average Bonchev–Trinajstić information content (AvgIpc) is 2.24. The normalized spacial score (nSPS) is 9.67. The molecule has 0 aliphatic carbocycles. The minimum atomic E-state index is 0.0471. The topological polar surface area (TPSA) is 41.6 Å². The lowest BCUT2D eigenvalue weighted by Gasteiger charge is -2.19. The van der Waals surface area contributed by atoms with E-state index in [9.17, 15) is 4.79 Å². The second-order valence-electron chi connectivity index (χ2n) is 3.19. The van der Waals surface area contributed by atoms with Crippen molar-refractivity contribution in [1.82, 2.24) is 10.2 Å². The van der Waals surface area contributed by atoms with Gasteiger partial charge in [-0.3, -0.25) is 4.79 Å². The van der Waals surface area contributed by atoms with E-state index in [1.165, 1.54) is 0 Å². The van der Waals surface area contributed by atoms with Gasteiger partial charge in [-0.05, 0) is 6.42 Å². The molecule has 0 aliphatic heterocycles. The van der Waals surface area contributed by atoms with Crippen LogP contribution < -0.4 is 5.32 Å². The first kappa shape index (κ1) is 13.9. The first-order valence-corrected chi connectivity index (χ1v) is 5.17. The predicted octanol–water partition coefficient (Wildman–Crippen LogP) is 0.0942. The molecule has 4 nitrogen and oxygen atoms in total. The van der Waals surface area contributed by atoms with Gasteiger partial charge in [-0.2, -0.15) is 0 Å². The largest absolute Gasteiger partial charge is 0.383 e. The molecule has 0 bridgehead atoms. The highest BCUT2D eigenvalue weighted by Crippen LogP contribution is 1.91. The number of carbonyl (C=O) groups excluding carboxylic acids is 1. The van der Waals surface area contributed by atoms with Crippen LogP contribution in [-0.4, -0.2) is 50.7 Å². The zero-order valence-electron chi connectivity index (χ0n) is 9.58. The standard InChI is InChI=1S/C11H20N2O2/c1-4-7-13(8-5-2)11(14)10-12-6-9-15-3/h1,12H,5-10H2,2-3H3. The van der Waals surface area contributed by atoms with Gasteiger partial charge in [-0.1, -0.05) is 12.8 Å². The molecule has 0 radical (unpaired) electrons. The Kier molecular flexibility index (Phi) is 8.84. The van der Waals surface area contributed by atoms with Crippen LogP contribution in [0.4, 0.5) is 0 Å². The van der Waals surface area contributed by atoms with Gasteiger partial charge in [0.15, 0.2) is 0 Å². The Morgan fingerprint density at radius 2 is 2.33 bits per heavy atom. The fraction of sp³-hybridized carbons (Fsp3) is 0.727. The molecule has 0 fully saturated rings. The zero-order valence-corrected chi connectivity index (χ0v) is 9.58. The monoisotopic (exact) mass is 212 g/mol. The minimum Gasteiger partial charge on any atom is -0.383 e. The maximum absolute atomic E-state index is 11.6. The molecule has 0 saturated carbocycles. The molecule has 0 spiro atoms. The van der Waals surface area contributed by atoms with E-state index in [4.69, 9.17) is 11.2 Å². The van der Waals surface area contributed by atoms with Crippen LogP contribution >= 0.6 is 0 Å². The quantitative estimate of drug-likeness (QED) is 0.458. The van der Waals surface area contributed by atoms with Crippen LogP contribution in [0, 0.1) is 12.3 Å². The highest BCUT2D eigenvalue weighted by molar-refractivity contribution is 5.78. The van der Waals surface area contributed by atoms with E-state index in [1.54, 1.807) is 12.0 Å². The van der Waals surface area contributed by atoms with Crippen molar-refractivity contribution < 1.29 is 9.53 Å². The first-order chi connectivity index (χ1) is 7.26. The van der Waals surface area contributed by atoms with Crippen molar-refractivity contribution in [2.45, 2.75) is 13.3 Å². The molecule has 0 rings (SSSR count). The van der Waals surface area contributed by atoms with Gasteiger partial charge in [0.25, 0.3) is 0 Å². The minimum absolute atomic E-state index is 0.0471. The van der Waals surface area contributed by atoms with Crippen molar-refractivity contribution in [3.05, 3.63) is 0 Å². The number of nitrogens with zero attached hydrogens (tertiary/aromatic N) is 1. The Morgan fingerprint density at radius 1 is 1.60 bits per heavy atom. The van der Waals surface area contributed by atoms with Gasteiger partial charge >= 0.3 is 0 Å². The van der Waals surface area contributed by atoms with Crippen molar-refractivity contribution in [3.8, 4) is 12.3 Å². The Hall–Kier alpha value is -1.05. The second kappa shape index (κ2) is 9.50. The van der Waals surface area contributed by atoms with Crippen LogP contribution in [0.3, 0.4) is 0 Å². The fourth-order valence-electron chi connectivity index (χ4n) is 1.15. The maximum Gasteiger partial charge on any atom is 0.237 e. The highest BCUT2D eigenvalue weighted by Gasteiger charge is 2.09.